The molecule has 0 aliphatic heterocycles. The van der Waals surface area contributed by atoms with Gasteiger partial charge in [-0.3, -0.25) is 4.90 Å². The molecule has 0 bridgehead atoms. The van der Waals surface area contributed by atoms with E-state index in [2.05, 4.69) is 15.5 Å². The third-order valence-electron chi connectivity index (χ3n) is 4.73. The van der Waals surface area contributed by atoms with E-state index in [1.807, 2.05) is 30.5 Å². The smallest absolute Gasteiger partial charge is 0.127 e. The van der Waals surface area contributed by atoms with Gasteiger partial charge in [-0.05, 0) is 42.3 Å². The van der Waals surface area contributed by atoms with E-state index in [1.54, 1.807) is 25.3 Å². The fourth-order valence-electron chi connectivity index (χ4n) is 3.32. The molecule has 3 aromatic rings. The minimum Gasteiger partial charge on any atom is -0.385 e. The molecule has 0 amide bonds. The van der Waals surface area contributed by atoms with E-state index in [0.29, 0.717) is 31.8 Å². The molecule has 0 aliphatic rings. The zero-order valence-electron chi connectivity index (χ0n) is 16.2. The molecule has 0 N–H and O–H groups in total. The highest BCUT2D eigenvalue weighted by Crippen LogP contribution is 2.16. The maximum atomic E-state index is 14.1. The van der Waals surface area contributed by atoms with Crippen molar-refractivity contribution in [1.29, 1.82) is 0 Å². The van der Waals surface area contributed by atoms with E-state index in [1.165, 1.54) is 12.1 Å². The van der Waals surface area contributed by atoms with Crippen molar-refractivity contribution in [2.45, 2.75) is 26.1 Å². The molecule has 5 heteroatoms. The lowest BCUT2D eigenvalue weighted by Gasteiger charge is -2.23. The summed E-state index contributed by atoms with van der Waals surface area (Å²) in [5.74, 6) is -0.415. The molecule has 0 aliphatic carbocycles. The SMILES string of the molecule is COCCCN(Cc1ccccc1F)Cc1cccn1Cc1cccc(F)c1. The van der Waals surface area contributed by atoms with Crippen molar-refractivity contribution < 1.29 is 13.5 Å². The molecule has 0 saturated carbocycles. The fourth-order valence-corrected chi connectivity index (χ4v) is 3.32. The van der Waals surface area contributed by atoms with Gasteiger partial charge in [-0.1, -0.05) is 30.3 Å². The Labute approximate surface area is 165 Å². The molecule has 0 saturated heterocycles. The molecule has 3 rings (SSSR count). The van der Waals surface area contributed by atoms with Crippen molar-refractivity contribution in [3.8, 4) is 0 Å². The van der Waals surface area contributed by atoms with Gasteiger partial charge < -0.3 is 9.30 Å². The van der Waals surface area contributed by atoms with E-state index < -0.39 is 0 Å². The summed E-state index contributed by atoms with van der Waals surface area (Å²) in [6.45, 7) is 3.28. The number of ether oxygens (including phenoxy) is 1. The van der Waals surface area contributed by atoms with Crippen LogP contribution in [0.15, 0.2) is 66.9 Å². The molecule has 28 heavy (non-hydrogen) atoms. The van der Waals surface area contributed by atoms with E-state index in [0.717, 1.165) is 24.2 Å². The number of benzene rings is 2. The fraction of sp³-hybridized carbons (Fsp3) is 0.304. The Bertz CT molecular complexity index is 878. The Hall–Kier alpha value is -2.50. The predicted molar refractivity (Wildman–Crippen MR) is 107 cm³/mol. The highest BCUT2D eigenvalue weighted by Gasteiger charge is 2.12. The van der Waals surface area contributed by atoms with Crippen LogP contribution in [-0.2, 0) is 24.4 Å². The van der Waals surface area contributed by atoms with Gasteiger partial charge in [0.05, 0.1) is 0 Å². The van der Waals surface area contributed by atoms with Crippen LogP contribution < -0.4 is 0 Å². The maximum Gasteiger partial charge on any atom is 0.127 e. The Morgan fingerprint density at radius 3 is 2.61 bits per heavy atom. The molecule has 0 unspecified atom stereocenters. The first-order valence-corrected chi connectivity index (χ1v) is 9.49. The minimum absolute atomic E-state index is 0.186. The topological polar surface area (TPSA) is 17.4 Å². The number of rotatable bonds is 10. The predicted octanol–water partition coefficient (Wildman–Crippen LogP) is 4.85. The second-order valence-corrected chi connectivity index (χ2v) is 6.91. The van der Waals surface area contributed by atoms with Crippen LogP contribution >= 0.6 is 0 Å². The van der Waals surface area contributed by atoms with Gasteiger partial charge in [-0.15, -0.1) is 0 Å². The summed E-state index contributed by atoms with van der Waals surface area (Å²) in [5, 5.41) is 0. The first-order chi connectivity index (χ1) is 13.7. The molecule has 0 radical (unpaired) electrons. The summed E-state index contributed by atoms with van der Waals surface area (Å²) < 4.78 is 34.9. The summed E-state index contributed by atoms with van der Waals surface area (Å²) in [5.41, 5.74) is 2.71. The second-order valence-electron chi connectivity index (χ2n) is 6.91. The van der Waals surface area contributed by atoms with Gasteiger partial charge in [0.15, 0.2) is 0 Å². The van der Waals surface area contributed by atoms with Crippen molar-refractivity contribution >= 4 is 0 Å². The first kappa shape index (κ1) is 20.2. The second kappa shape index (κ2) is 10.2. The third kappa shape index (κ3) is 5.75. The largest absolute Gasteiger partial charge is 0.385 e. The molecule has 2 aromatic carbocycles. The molecule has 148 valence electrons. The number of hydrogen-bond donors (Lipinski definition) is 0. The van der Waals surface area contributed by atoms with Crippen LogP contribution in [0.2, 0.25) is 0 Å². The summed E-state index contributed by atoms with van der Waals surface area (Å²) in [7, 11) is 1.69. The van der Waals surface area contributed by atoms with Gasteiger partial charge in [-0.25, -0.2) is 8.78 Å². The average Bonchev–Trinajstić information content (AvgIpc) is 3.10. The molecular formula is C23H26F2N2O. The summed E-state index contributed by atoms with van der Waals surface area (Å²) in [4.78, 5) is 2.22. The summed E-state index contributed by atoms with van der Waals surface area (Å²) >= 11 is 0. The van der Waals surface area contributed by atoms with Crippen molar-refractivity contribution in [3.63, 3.8) is 0 Å². The summed E-state index contributed by atoms with van der Waals surface area (Å²) in [6, 6.07) is 17.6. The zero-order chi connectivity index (χ0) is 19.8. The van der Waals surface area contributed by atoms with Crippen LogP contribution in [0.3, 0.4) is 0 Å². The van der Waals surface area contributed by atoms with E-state index in [4.69, 9.17) is 4.74 Å². The van der Waals surface area contributed by atoms with Crippen LogP contribution in [0.1, 0.15) is 23.2 Å². The van der Waals surface area contributed by atoms with E-state index in [9.17, 15) is 8.78 Å². The van der Waals surface area contributed by atoms with E-state index >= 15 is 0 Å². The lowest BCUT2D eigenvalue weighted by molar-refractivity contribution is 0.165. The van der Waals surface area contributed by atoms with Crippen molar-refractivity contribution in [2.24, 2.45) is 0 Å². The quantitative estimate of drug-likeness (QED) is 0.465. The van der Waals surface area contributed by atoms with Crippen molar-refractivity contribution in [1.82, 2.24) is 9.47 Å². The molecule has 0 spiro atoms. The van der Waals surface area contributed by atoms with Crippen LogP contribution in [0, 0.1) is 11.6 Å². The number of hydrogen-bond acceptors (Lipinski definition) is 2. The highest BCUT2D eigenvalue weighted by molar-refractivity contribution is 5.20. The molecule has 0 atom stereocenters. The van der Waals surface area contributed by atoms with Crippen molar-refractivity contribution in [2.75, 3.05) is 20.3 Å². The van der Waals surface area contributed by atoms with E-state index in [-0.39, 0.29) is 11.6 Å². The minimum atomic E-state index is -0.230. The van der Waals surface area contributed by atoms with Crippen LogP contribution in [-0.4, -0.2) is 29.7 Å². The van der Waals surface area contributed by atoms with Gasteiger partial charge in [0.1, 0.15) is 11.6 Å². The lowest BCUT2D eigenvalue weighted by Crippen LogP contribution is -2.26. The lowest BCUT2D eigenvalue weighted by atomic mass is 10.2. The number of methoxy groups -OCH3 is 1. The van der Waals surface area contributed by atoms with Gasteiger partial charge in [0, 0.05) is 57.3 Å². The van der Waals surface area contributed by atoms with Gasteiger partial charge in [-0.2, -0.15) is 0 Å². The monoisotopic (exact) mass is 384 g/mol. The number of halogens is 2. The van der Waals surface area contributed by atoms with Crippen LogP contribution in [0.25, 0.3) is 0 Å². The zero-order valence-corrected chi connectivity index (χ0v) is 16.2. The maximum absolute atomic E-state index is 14.1. The number of nitrogens with zero attached hydrogens (tertiary/aromatic N) is 2. The van der Waals surface area contributed by atoms with Crippen molar-refractivity contribution in [3.05, 3.63) is 95.3 Å². The molecular weight excluding hydrogens is 358 g/mol. The average molecular weight is 384 g/mol. The Morgan fingerprint density at radius 2 is 1.82 bits per heavy atom. The van der Waals surface area contributed by atoms with Gasteiger partial charge in [0.2, 0.25) is 0 Å². The molecule has 1 heterocycles. The Kier molecular flexibility index (Phi) is 7.34. The van der Waals surface area contributed by atoms with Crippen LogP contribution in [0.4, 0.5) is 8.78 Å². The molecule has 0 fully saturated rings. The number of aromatic nitrogens is 1. The van der Waals surface area contributed by atoms with Crippen LogP contribution in [0.5, 0.6) is 0 Å². The normalized spacial score (nSPS) is 11.3. The first-order valence-electron chi connectivity index (χ1n) is 9.49. The molecule has 3 nitrogen and oxygen atoms in total. The Balaban J connectivity index is 1.73. The molecule has 1 aromatic heterocycles. The standard InChI is InChI=1S/C23H26F2N2O/c1-28-14-6-12-26(17-20-8-2-3-11-23(20)25)18-22-10-5-13-27(22)16-19-7-4-9-21(24)15-19/h2-5,7-11,13,15H,6,12,14,16-18H2,1H3. The Morgan fingerprint density at radius 1 is 0.964 bits per heavy atom. The highest BCUT2D eigenvalue weighted by atomic mass is 19.1. The van der Waals surface area contributed by atoms with Gasteiger partial charge >= 0.3 is 0 Å². The summed E-state index contributed by atoms with van der Waals surface area (Å²) in [6.07, 6.45) is 2.87. The third-order valence-corrected chi connectivity index (χ3v) is 4.73. The van der Waals surface area contributed by atoms with Gasteiger partial charge in [0.25, 0.3) is 0 Å².